The van der Waals surface area contributed by atoms with Crippen molar-refractivity contribution in [1.82, 2.24) is 5.32 Å². The van der Waals surface area contributed by atoms with Crippen LogP contribution in [0.4, 0.5) is 0 Å². The molecule has 1 aromatic carbocycles. The molecule has 2 N–H and O–H groups in total. The molecule has 0 heterocycles. The van der Waals surface area contributed by atoms with Gasteiger partial charge in [0, 0.05) is 34.9 Å². The number of carbonyl (C=O) groups is 1. The second kappa shape index (κ2) is 5.65. The topological polar surface area (TPSA) is 66.4 Å². The molecule has 16 heavy (non-hydrogen) atoms. The first-order chi connectivity index (χ1) is 7.50. The molecule has 1 unspecified atom stereocenters. The van der Waals surface area contributed by atoms with Crippen molar-refractivity contribution in [3.63, 3.8) is 0 Å². The number of carbonyl (C=O) groups excluding carboxylic acids is 1. The lowest BCUT2D eigenvalue weighted by Gasteiger charge is -2.05. The van der Waals surface area contributed by atoms with Crippen LogP contribution in [-0.2, 0) is 10.8 Å². The maximum Gasteiger partial charge on any atom is 0.251 e. The van der Waals surface area contributed by atoms with Crippen molar-refractivity contribution >= 4 is 16.7 Å². The van der Waals surface area contributed by atoms with E-state index in [1.165, 1.54) is 6.07 Å². The molecule has 0 aromatic heterocycles. The van der Waals surface area contributed by atoms with Gasteiger partial charge < -0.3 is 10.4 Å². The highest BCUT2D eigenvalue weighted by Crippen LogP contribution is 2.17. The number of nitrogens with one attached hydrogen (secondary N) is 1. The van der Waals surface area contributed by atoms with Crippen LogP contribution in [0.3, 0.4) is 0 Å². The number of amides is 1. The average Bonchev–Trinajstić information content (AvgIpc) is 2.21. The van der Waals surface area contributed by atoms with E-state index in [2.05, 4.69) is 5.32 Å². The highest BCUT2D eigenvalue weighted by Gasteiger charge is 2.06. The summed E-state index contributed by atoms with van der Waals surface area (Å²) in [6.07, 6.45) is 1.59. The summed E-state index contributed by atoms with van der Waals surface area (Å²) in [5.74, 6) is 0.274. The minimum atomic E-state index is -0.911. The zero-order chi connectivity index (χ0) is 12.1. The quantitative estimate of drug-likeness (QED) is 0.819. The molecule has 88 valence electrons. The van der Waals surface area contributed by atoms with Gasteiger partial charge in [-0.25, -0.2) is 0 Å². The molecular formula is C11H15NO3S. The van der Waals surface area contributed by atoms with E-state index in [-0.39, 0.29) is 11.7 Å². The first kappa shape index (κ1) is 12.7. The standard InChI is InChI=1S/C11H15NO3S/c1-8-3-4-9(7-10(8)13)11(14)12-5-6-16(2)15/h3-4,7,13H,5-6H2,1-2H3,(H,12,14). The Hall–Kier alpha value is -1.36. The van der Waals surface area contributed by atoms with Gasteiger partial charge in [0.05, 0.1) is 0 Å². The van der Waals surface area contributed by atoms with Crippen molar-refractivity contribution in [3.8, 4) is 5.75 Å². The maximum absolute atomic E-state index is 11.6. The Morgan fingerprint density at radius 3 is 2.75 bits per heavy atom. The smallest absolute Gasteiger partial charge is 0.251 e. The second-order valence-corrected chi connectivity index (χ2v) is 5.09. The molecule has 0 saturated carbocycles. The van der Waals surface area contributed by atoms with E-state index in [0.717, 1.165) is 5.56 Å². The van der Waals surface area contributed by atoms with E-state index in [9.17, 15) is 14.1 Å². The Bertz CT molecular complexity index is 418. The number of rotatable bonds is 4. The van der Waals surface area contributed by atoms with Crippen molar-refractivity contribution < 1.29 is 14.1 Å². The summed E-state index contributed by atoms with van der Waals surface area (Å²) < 4.78 is 10.8. The zero-order valence-corrected chi connectivity index (χ0v) is 10.1. The third-order valence-corrected chi connectivity index (χ3v) is 2.93. The van der Waals surface area contributed by atoms with Gasteiger partial charge in [-0.1, -0.05) is 6.07 Å². The Morgan fingerprint density at radius 2 is 2.19 bits per heavy atom. The van der Waals surface area contributed by atoms with Crippen LogP contribution in [0, 0.1) is 6.92 Å². The van der Waals surface area contributed by atoms with Crippen LogP contribution in [0.1, 0.15) is 15.9 Å². The average molecular weight is 241 g/mol. The summed E-state index contributed by atoms with van der Waals surface area (Å²) >= 11 is 0. The third kappa shape index (κ3) is 3.66. The van der Waals surface area contributed by atoms with Crippen LogP contribution in [0.2, 0.25) is 0 Å². The van der Waals surface area contributed by atoms with E-state index in [0.29, 0.717) is 17.9 Å². The Morgan fingerprint density at radius 1 is 1.50 bits per heavy atom. The van der Waals surface area contributed by atoms with Crippen molar-refractivity contribution in [2.24, 2.45) is 0 Å². The molecule has 0 saturated heterocycles. The second-order valence-electron chi connectivity index (χ2n) is 3.53. The van der Waals surface area contributed by atoms with Crippen LogP contribution in [0.25, 0.3) is 0 Å². The molecule has 0 aliphatic heterocycles. The Labute approximate surface area is 97.1 Å². The van der Waals surface area contributed by atoms with Crippen LogP contribution < -0.4 is 5.32 Å². The van der Waals surface area contributed by atoms with Gasteiger partial charge in [0.1, 0.15) is 5.75 Å². The molecule has 5 heteroatoms. The lowest BCUT2D eigenvalue weighted by molar-refractivity contribution is 0.0956. The maximum atomic E-state index is 11.6. The van der Waals surface area contributed by atoms with Crippen molar-refractivity contribution in [1.29, 1.82) is 0 Å². The van der Waals surface area contributed by atoms with Gasteiger partial charge >= 0.3 is 0 Å². The highest BCUT2D eigenvalue weighted by atomic mass is 32.2. The van der Waals surface area contributed by atoms with Gasteiger partial charge in [-0.2, -0.15) is 0 Å². The number of benzene rings is 1. The van der Waals surface area contributed by atoms with Gasteiger partial charge in [0.15, 0.2) is 0 Å². The summed E-state index contributed by atoms with van der Waals surface area (Å²) in [5.41, 5.74) is 1.14. The van der Waals surface area contributed by atoms with Crippen LogP contribution in [0.5, 0.6) is 5.75 Å². The number of hydrogen-bond acceptors (Lipinski definition) is 3. The molecule has 1 rings (SSSR count). The molecule has 0 aliphatic rings. The van der Waals surface area contributed by atoms with E-state index in [1.54, 1.807) is 25.3 Å². The fourth-order valence-corrected chi connectivity index (χ4v) is 1.55. The normalized spacial score (nSPS) is 12.1. The van der Waals surface area contributed by atoms with Gasteiger partial charge in [-0.05, 0) is 24.6 Å². The molecular weight excluding hydrogens is 226 g/mol. The number of aryl methyl sites for hydroxylation is 1. The highest BCUT2D eigenvalue weighted by molar-refractivity contribution is 7.84. The number of phenols is 1. The SMILES string of the molecule is Cc1ccc(C(=O)NCCS(C)=O)cc1O. The summed E-state index contributed by atoms with van der Waals surface area (Å²) in [6.45, 7) is 2.13. The molecule has 1 aromatic rings. The first-order valence-corrected chi connectivity index (χ1v) is 6.61. The molecule has 1 amide bonds. The summed E-state index contributed by atoms with van der Waals surface area (Å²) in [6, 6.07) is 4.75. The monoisotopic (exact) mass is 241 g/mol. The van der Waals surface area contributed by atoms with E-state index < -0.39 is 10.8 Å². The first-order valence-electron chi connectivity index (χ1n) is 4.88. The van der Waals surface area contributed by atoms with Gasteiger partial charge in [-0.3, -0.25) is 9.00 Å². The van der Waals surface area contributed by atoms with Gasteiger partial charge in [0.2, 0.25) is 0 Å². The molecule has 0 aliphatic carbocycles. The molecule has 4 nitrogen and oxygen atoms in total. The van der Waals surface area contributed by atoms with E-state index >= 15 is 0 Å². The van der Waals surface area contributed by atoms with Crippen molar-refractivity contribution in [3.05, 3.63) is 29.3 Å². The Balaban J connectivity index is 2.59. The molecule has 0 spiro atoms. The molecule has 0 radical (unpaired) electrons. The Kier molecular flexibility index (Phi) is 4.49. The summed E-state index contributed by atoms with van der Waals surface area (Å²) in [4.78, 5) is 11.6. The molecule has 0 fully saturated rings. The fraction of sp³-hybridized carbons (Fsp3) is 0.364. The van der Waals surface area contributed by atoms with Crippen LogP contribution >= 0.6 is 0 Å². The number of aromatic hydroxyl groups is 1. The summed E-state index contributed by atoms with van der Waals surface area (Å²) in [5, 5.41) is 12.1. The van der Waals surface area contributed by atoms with Gasteiger partial charge in [-0.15, -0.1) is 0 Å². The lowest BCUT2D eigenvalue weighted by Crippen LogP contribution is -2.27. The fourth-order valence-electron chi connectivity index (χ4n) is 1.16. The van der Waals surface area contributed by atoms with Crippen molar-refractivity contribution in [2.75, 3.05) is 18.6 Å². The predicted octanol–water partition coefficient (Wildman–Crippen LogP) is 0.809. The van der Waals surface area contributed by atoms with Crippen LogP contribution in [0.15, 0.2) is 18.2 Å². The lowest BCUT2D eigenvalue weighted by atomic mass is 10.1. The minimum Gasteiger partial charge on any atom is -0.508 e. The number of phenolic OH excluding ortho intramolecular Hbond substituents is 1. The minimum absolute atomic E-state index is 0.103. The van der Waals surface area contributed by atoms with E-state index in [1.807, 2.05) is 0 Å². The summed E-state index contributed by atoms with van der Waals surface area (Å²) in [7, 11) is -0.911. The predicted molar refractivity (Wildman–Crippen MR) is 64.1 cm³/mol. The largest absolute Gasteiger partial charge is 0.508 e. The van der Waals surface area contributed by atoms with E-state index in [4.69, 9.17) is 0 Å². The zero-order valence-electron chi connectivity index (χ0n) is 9.32. The molecule has 0 bridgehead atoms. The van der Waals surface area contributed by atoms with Crippen molar-refractivity contribution in [2.45, 2.75) is 6.92 Å². The molecule has 1 atom stereocenters. The number of hydrogen-bond donors (Lipinski definition) is 2. The van der Waals surface area contributed by atoms with Gasteiger partial charge in [0.25, 0.3) is 5.91 Å². The third-order valence-electron chi connectivity index (χ3n) is 2.15. The van der Waals surface area contributed by atoms with Crippen LogP contribution in [-0.4, -0.2) is 33.8 Å².